The molecule has 0 unspecified atom stereocenters. The number of fused-ring (bicyclic) bond motifs is 1. The number of alkyl halides is 3. The highest BCUT2D eigenvalue weighted by atomic mass is 19.4. The van der Waals surface area contributed by atoms with E-state index in [1.807, 2.05) is 35.9 Å². The summed E-state index contributed by atoms with van der Waals surface area (Å²) in [4.78, 5) is 19.5. The van der Waals surface area contributed by atoms with Gasteiger partial charge in [0.05, 0.1) is 34.7 Å². The number of aryl methyl sites for hydroxylation is 1. The number of imidazole rings is 1. The first kappa shape index (κ1) is 20.4. The van der Waals surface area contributed by atoms with Crippen LogP contribution in [0.1, 0.15) is 24.2 Å². The van der Waals surface area contributed by atoms with Crippen LogP contribution in [0.4, 0.5) is 18.9 Å². The first-order valence-electron chi connectivity index (χ1n) is 9.92. The summed E-state index contributed by atoms with van der Waals surface area (Å²) in [5.41, 5.74) is 0.945. The fourth-order valence-electron chi connectivity index (χ4n) is 4.02. The van der Waals surface area contributed by atoms with Gasteiger partial charge in [0.2, 0.25) is 5.91 Å². The first-order chi connectivity index (χ1) is 14.3. The Bertz CT molecular complexity index is 1060. The molecule has 3 aromatic rings. The van der Waals surface area contributed by atoms with Gasteiger partial charge in [-0.3, -0.25) is 9.69 Å². The van der Waals surface area contributed by atoms with Gasteiger partial charge in [0.15, 0.2) is 0 Å². The predicted octanol–water partition coefficient (Wildman–Crippen LogP) is 4.44. The molecule has 2 aromatic carbocycles. The molecular weight excluding hydrogens is 393 g/mol. The second-order valence-corrected chi connectivity index (χ2v) is 7.68. The summed E-state index contributed by atoms with van der Waals surface area (Å²) < 4.78 is 41.6. The molecule has 1 N–H and O–H groups in total. The number of anilines is 1. The average Bonchev–Trinajstić information content (AvgIpc) is 3.03. The number of piperidine rings is 1. The number of hydrogen-bond donors (Lipinski definition) is 1. The molecule has 1 aromatic heterocycles. The molecule has 1 amide bonds. The van der Waals surface area contributed by atoms with Crippen molar-refractivity contribution in [2.45, 2.75) is 25.6 Å². The van der Waals surface area contributed by atoms with Crippen LogP contribution in [0.2, 0.25) is 0 Å². The van der Waals surface area contributed by atoms with Gasteiger partial charge in [-0.25, -0.2) is 4.98 Å². The number of halogens is 3. The average molecular weight is 416 g/mol. The molecule has 0 spiro atoms. The zero-order chi connectivity index (χ0) is 21.3. The molecule has 4 rings (SSSR count). The van der Waals surface area contributed by atoms with Crippen LogP contribution >= 0.6 is 0 Å². The number of nitrogens with one attached hydrogen (secondary N) is 1. The number of nitrogens with zero attached hydrogens (tertiary/aromatic N) is 3. The molecule has 1 fully saturated rings. The number of hydrogen-bond acceptors (Lipinski definition) is 3. The fraction of sp³-hybridized carbons (Fsp3) is 0.364. The normalized spacial score (nSPS) is 17.9. The standard InChI is InChI=1S/C22H23F3N4O/c1-28-19-11-5-4-10-18(19)26-20(28)14-29-12-6-7-15(13-29)21(30)27-17-9-3-2-8-16(17)22(23,24)25/h2-5,8-11,15H,6-7,12-14H2,1H3,(H,27,30)/t15-/m1/s1. The van der Waals surface area contributed by atoms with Crippen LogP contribution < -0.4 is 5.32 Å². The van der Waals surface area contributed by atoms with Crippen LogP contribution in [-0.4, -0.2) is 33.4 Å². The predicted molar refractivity (Wildman–Crippen MR) is 109 cm³/mol. The number of aromatic nitrogens is 2. The van der Waals surface area contributed by atoms with E-state index in [1.54, 1.807) is 0 Å². The lowest BCUT2D eigenvalue weighted by Crippen LogP contribution is -2.40. The second-order valence-electron chi connectivity index (χ2n) is 7.68. The minimum atomic E-state index is -4.51. The topological polar surface area (TPSA) is 50.2 Å². The third-order valence-electron chi connectivity index (χ3n) is 5.61. The van der Waals surface area contributed by atoms with Gasteiger partial charge in [-0.1, -0.05) is 24.3 Å². The Kier molecular flexibility index (Phi) is 5.51. The van der Waals surface area contributed by atoms with Gasteiger partial charge in [0.1, 0.15) is 5.82 Å². The lowest BCUT2D eigenvalue weighted by molar-refractivity contribution is -0.137. The summed E-state index contributed by atoms with van der Waals surface area (Å²) in [6, 6.07) is 13.0. The van der Waals surface area contributed by atoms with E-state index in [-0.39, 0.29) is 17.5 Å². The molecular formula is C22H23F3N4O. The minimum absolute atomic E-state index is 0.192. The minimum Gasteiger partial charge on any atom is -0.330 e. The lowest BCUT2D eigenvalue weighted by Gasteiger charge is -2.31. The van der Waals surface area contributed by atoms with Crippen LogP contribution in [0.3, 0.4) is 0 Å². The fourth-order valence-corrected chi connectivity index (χ4v) is 4.02. The number of para-hydroxylation sites is 3. The molecule has 0 bridgehead atoms. The first-order valence-corrected chi connectivity index (χ1v) is 9.92. The van der Waals surface area contributed by atoms with E-state index in [2.05, 4.69) is 15.2 Å². The number of amides is 1. The van der Waals surface area contributed by atoms with Crippen molar-refractivity contribution >= 4 is 22.6 Å². The molecule has 158 valence electrons. The largest absolute Gasteiger partial charge is 0.418 e. The number of carbonyl (C=O) groups excluding carboxylic acids is 1. The van der Waals surface area contributed by atoms with Crippen LogP contribution in [0.5, 0.6) is 0 Å². The second kappa shape index (κ2) is 8.10. The number of carbonyl (C=O) groups is 1. The maximum atomic E-state index is 13.2. The van der Waals surface area contributed by atoms with Crippen LogP contribution in [0, 0.1) is 5.92 Å². The van der Waals surface area contributed by atoms with Crippen molar-refractivity contribution in [2.24, 2.45) is 13.0 Å². The zero-order valence-electron chi connectivity index (χ0n) is 16.6. The maximum absolute atomic E-state index is 13.2. The van der Waals surface area contributed by atoms with Gasteiger partial charge in [0, 0.05) is 13.6 Å². The number of rotatable bonds is 4. The summed E-state index contributed by atoms with van der Waals surface area (Å²) in [7, 11) is 1.97. The number of benzene rings is 2. The van der Waals surface area contributed by atoms with E-state index in [0.717, 1.165) is 35.9 Å². The summed E-state index contributed by atoms with van der Waals surface area (Å²) in [6.45, 7) is 1.91. The lowest BCUT2D eigenvalue weighted by atomic mass is 9.96. The molecule has 30 heavy (non-hydrogen) atoms. The molecule has 1 aliphatic rings. The molecule has 1 aliphatic heterocycles. The maximum Gasteiger partial charge on any atom is 0.418 e. The summed E-state index contributed by atoms with van der Waals surface area (Å²) in [6.07, 6.45) is -3.05. The van der Waals surface area contributed by atoms with Crippen molar-refractivity contribution in [3.63, 3.8) is 0 Å². The third kappa shape index (κ3) is 4.18. The van der Waals surface area contributed by atoms with Crippen molar-refractivity contribution < 1.29 is 18.0 Å². The SMILES string of the molecule is Cn1c(CN2CCC[C@@H](C(=O)Nc3ccccc3C(F)(F)F)C2)nc2ccccc21. The van der Waals surface area contributed by atoms with Crippen molar-refractivity contribution in [3.8, 4) is 0 Å². The van der Waals surface area contributed by atoms with Crippen molar-refractivity contribution in [1.29, 1.82) is 0 Å². The van der Waals surface area contributed by atoms with E-state index >= 15 is 0 Å². The Morgan fingerprint density at radius 1 is 1.17 bits per heavy atom. The summed E-state index contributed by atoms with van der Waals surface area (Å²) in [5.74, 6) is 0.163. The summed E-state index contributed by atoms with van der Waals surface area (Å²) in [5, 5.41) is 2.50. The van der Waals surface area contributed by atoms with Crippen molar-refractivity contribution in [3.05, 3.63) is 59.9 Å². The van der Waals surface area contributed by atoms with E-state index in [4.69, 9.17) is 0 Å². The number of likely N-dealkylation sites (tertiary alicyclic amines) is 1. The van der Waals surface area contributed by atoms with Crippen LogP contribution in [0.25, 0.3) is 11.0 Å². The molecule has 2 heterocycles. The zero-order valence-corrected chi connectivity index (χ0v) is 16.6. The highest BCUT2D eigenvalue weighted by molar-refractivity contribution is 5.93. The van der Waals surface area contributed by atoms with Crippen molar-refractivity contribution in [1.82, 2.24) is 14.5 Å². The van der Waals surface area contributed by atoms with Gasteiger partial charge >= 0.3 is 6.18 Å². The van der Waals surface area contributed by atoms with Gasteiger partial charge < -0.3 is 9.88 Å². The monoisotopic (exact) mass is 416 g/mol. The Morgan fingerprint density at radius 2 is 1.90 bits per heavy atom. The molecule has 1 saturated heterocycles. The Balaban J connectivity index is 1.45. The van der Waals surface area contributed by atoms with E-state index in [9.17, 15) is 18.0 Å². The Hall–Kier alpha value is -2.87. The van der Waals surface area contributed by atoms with Gasteiger partial charge in [-0.15, -0.1) is 0 Å². The summed E-state index contributed by atoms with van der Waals surface area (Å²) >= 11 is 0. The molecule has 0 radical (unpaired) electrons. The molecule has 0 aliphatic carbocycles. The third-order valence-corrected chi connectivity index (χ3v) is 5.61. The highest BCUT2D eigenvalue weighted by Crippen LogP contribution is 2.35. The molecule has 8 heteroatoms. The van der Waals surface area contributed by atoms with E-state index < -0.39 is 11.7 Å². The molecule has 0 saturated carbocycles. The Morgan fingerprint density at radius 3 is 2.67 bits per heavy atom. The van der Waals surface area contributed by atoms with Crippen molar-refractivity contribution in [2.75, 3.05) is 18.4 Å². The van der Waals surface area contributed by atoms with Crippen LogP contribution in [-0.2, 0) is 24.6 Å². The van der Waals surface area contributed by atoms with Crippen LogP contribution in [0.15, 0.2) is 48.5 Å². The quantitative estimate of drug-likeness (QED) is 0.684. The Labute approximate surface area is 172 Å². The van der Waals surface area contributed by atoms with Gasteiger partial charge in [-0.05, 0) is 43.7 Å². The van der Waals surface area contributed by atoms with Gasteiger partial charge in [-0.2, -0.15) is 13.2 Å². The molecule has 5 nitrogen and oxygen atoms in total. The smallest absolute Gasteiger partial charge is 0.330 e. The van der Waals surface area contributed by atoms with Gasteiger partial charge in [0.25, 0.3) is 0 Å². The van der Waals surface area contributed by atoms with E-state index in [0.29, 0.717) is 19.5 Å². The van der Waals surface area contributed by atoms with E-state index in [1.165, 1.54) is 18.2 Å². The highest BCUT2D eigenvalue weighted by Gasteiger charge is 2.34. The molecule has 1 atom stereocenters.